The van der Waals surface area contributed by atoms with E-state index >= 15 is 0 Å². The van der Waals surface area contributed by atoms with Gasteiger partial charge in [0.25, 0.3) is 0 Å². The third-order valence-electron chi connectivity index (χ3n) is 4.79. The summed E-state index contributed by atoms with van der Waals surface area (Å²) in [5, 5.41) is 8.52. The largest absolute Gasteiger partial charge is 0.370 e. The molecule has 0 bridgehead atoms. The first-order valence-electron chi connectivity index (χ1n) is 9.13. The van der Waals surface area contributed by atoms with Gasteiger partial charge in [0.05, 0.1) is 18.0 Å². The van der Waals surface area contributed by atoms with Crippen LogP contribution in [0.1, 0.15) is 22.8 Å². The summed E-state index contributed by atoms with van der Waals surface area (Å²) in [6, 6.07) is 14.8. The van der Waals surface area contributed by atoms with Gasteiger partial charge in [0.1, 0.15) is 6.10 Å². The molecular weight excluding hydrogens is 376 g/mol. The van der Waals surface area contributed by atoms with Gasteiger partial charge in [-0.3, -0.25) is 4.99 Å². The van der Waals surface area contributed by atoms with Crippen molar-refractivity contribution in [3.05, 3.63) is 65.2 Å². The molecule has 0 aromatic heterocycles. The molecule has 7 nitrogen and oxygen atoms in total. The van der Waals surface area contributed by atoms with E-state index in [0.29, 0.717) is 19.7 Å². The number of hydrogen-bond donors (Lipinski definition) is 2. The lowest BCUT2D eigenvalue weighted by Gasteiger charge is -2.35. The van der Waals surface area contributed by atoms with E-state index in [9.17, 15) is 8.42 Å². The fourth-order valence-corrected chi connectivity index (χ4v) is 3.91. The number of ether oxygens (including phenoxy) is 1. The first-order valence-corrected chi connectivity index (χ1v) is 10.7. The van der Waals surface area contributed by atoms with Crippen molar-refractivity contribution in [2.45, 2.75) is 24.5 Å². The van der Waals surface area contributed by atoms with Gasteiger partial charge < -0.3 is 15.0 Å². The molecule has 1 heterocycles. The van der Waals surface area contributed by atoms with E-state index in [-0.39, 0.29) is 11.0 Å². The number of nitrogens with two attached hydrogens (primary N) is 1. The average Bonchev–Trinajstić information content (AvgIpc) is 2.69. The quantitative estimate of drug-likeness (QED) is 0.600. The van der Waals surface area contributed by atoms with Crippen molar-refractivity contribution in [2.24, 2.45) is 10.1 Å². The zero-order valence-electron chi connectivity index (χ0n) is 16.1. The Kier molecular flexibility index (Phi) is 6.33. The van der Waals surface area contributed by atoms with Crippen molar-refractivity contribution < 1.29 is 13.2 Å². The topological polar surface area (TPSA) is 97.0 Å². The number of benzene rings is 2. The molecule has 0 amide bonds. The summed E-state index contributed by atoms with van der Waals surface area (Å²) in [5.41, 5.74) is 3.21. The van der Waals surface area contributed by atoms with Crippen LogP contribution in [0.25, 0.3) is 0 Å². The van der Waals surface area contributed by atoms with Gasteiger partial charge in [0.2, 0.25) is 10.0 Å². The molecule has 1 saturated heterocycles. The summed E-state index contributed by atoms with van der Waals surface area (Å²) in [4.78, 5) is 6.64. The van der Waals surface area contributed by atoms with Gasteiger partial charge in [-0.1, -0.05) is 36.4 Å². The maximum Gasteiger partial charge on any atom is 0.238 e. The molecule has 0 saturated carbocycles. The molecule has 2 aromatic carbocycles. The van der Waals surface area contributed by atoms with E-state index in [1.54, 1.807) is 19.2 Å². The van der Waals surface area contributed by atoms with Crippen LogP contribution in [-0.2, 0) is 21.3 Å². The summed E-state index contributed by atoms with van der Waals surface area (Å²) in [6.07, 6.45) is -0.0146. The Morgan fingerprint density at radius 3 is 2.79 bits per heavy atom. The molecule has 3 N–H and O–H groups in total. The zero-order chi connectivity index (χ0) is 20.1. The lowest BCUT2D eigenvalue weighted by molar-refractivity contribution is -0.00834. The Hall–Kier alpha value is -2.42. The summed E-state index contributed by atoms with van der Waals surface area (Å²) in [7, 11) is -1.98. The number of aliphatic imine (C=N–C) groups is 1. The minimum absolute atomic E-state index is 0.0146. The van der Waals surface area contributed by atoms with E-state index < -0.39 is 10.0 Å². The molecule has 1 aliphatic rings. The van der Waals surface area contributed by atoms with Crippen molar-refractivity contribution in [2.75, 3.05) is 26.7 Å². The molecule has 28 heavy (non-hydrogen) atoms. The van der Waals surface area contributed by atoms with Crippen LogP contribution in [-0.4, -0.2) is 46.0 Å². The fourth-order valence-electron chi connectivity index (χ4n) is 3.32. The highest BCUT2D eigenvalue weighted by atomic mass is 32.2. The number of primary sulfonamides is 1. The SMILES string of the molecule is CN=C(NCc1cccc(S(N)(=O)=O)c1)N1CCOC(c2ccccc2C)C1. The summed E-state index contributed by atoms with van der Waals surface area (Å²) >= 11 is 0. The van der Waals surface area contributed by atoms with Crippen LogP contribution in [0.2, 0.25) is 0 Å². The van der Waals surface area contributed by atoms with Crippen LogP contribution in [0.15, 0.2) is 58.4 Å². The number of guanidine groups is 1. The highest BCUT2D eigenvalue weighted by molar-refractivity contribution is 7.89. The first kappa shape index (κ1) is 20.3. The second-order valence-electron chi connectivity index (χ2n) is 6.76. The molecule has 0 spiro atoms. The molecule has 150 valence electrons. The number of nitrogens with zero attached hydrogens (tertiary/aromatic N) is 2. The van der Waals surface area contributed by atoms with Gasteiger partial charge in [-0.15, -0.1) is 0 Å². The van der Waals surface area contributed by atoms with Crippen molar-refractivity contribution in [1.82, 2.24) is 10.2 Å². The van der Waals surface area contributed by atoms with Crippen LogP contribution in [0.5, 0.6) is 0 Å². The van der Waals surface area contributed by atoms with E-state index in [1.807, 2.05) is 18.2 Å². The lowest BCUT2D eigenvalue weighted by atomic mass is 10.0. The first-order chi connectivity index (χ1) is 13.4. The van der Waals surface area contributed by atoms with Gasteiger partial charge in [-0.2, -0.15) is 0 Å². The van der Waals surface area contributed by atoms with Gasteiger partial charge in [0, 0.05) is 20.1 Å². The van der Waals surface area contributed by atoms with Crippen LogP contribution in [0.3, 0.4) is 0 Å². The Morgan fingerprint density at radius 2 is 2.07 bits per heavy atom. The second kappa shape index (κ2) is 8.72. The monoisotopic (exact) mass is 402 g/mol. The molecule has 0 radical (unpaired) electrons. The van der Waals surface area contributed by atoms with Crippen LogP contribution in [0, 0.1) is 6.92 Å². The molecule has 1 fully saturated rings. The number of nitrogens with one attached hydrogen (secondary N) is 1. The highest BCUT2D eigenvalue weighted by Gasteiger charge is 2.25. The van der Waals surface area contributed by atoms with Crippen molar-refractivity contribution in [1.29, 1.82) is 0 Å². The molecule has 2 aromatic rings. The standard InChI is InChI=1S/C20H26N4O3S/c1-15-6-3-4-9-18(15)19-14-24(10-11-27-19)20(22-2)23-13-16-7-5-8-17(12-16)28(21,25)26/h3-9,12,19H,10-11,13-14H2,1-2H3,(H,22,23)(H2,21,25,26). The molecule has 3 rings (SSSR count). The molecule has 0 aliphatic carbocycles. The predicted octanol–water partition coefficient (Wildman–Crippen LogP) is 1.79. The maximum absolute atomic E-state index is 11.5. The number of aryl methyl sites for hydroxylation is 1. The Balaban J connectivity index is 1.68. The number of morpholine rings is 1. The second-order valence-corrected chi connectivity index (χ2v) is 8.32. The van der Waals surface area contributed by atoms with Gasteiger partial charge in [0.15, 0.2) is 5.96 Å². The Bertz CT molecular complexity index is 959. The van der Waals surface area contributed by atoms with Crippen LogP contribution >= 0.6 is 0 Å². The molecule has 1 aliphatic heterocycles. The predicted molar refractivity (Wildman–Crippen MR) is 109 cm³/mol. The van der Waals surface area contributed by atoms with Crippen molar-refractivity contribution in [3.63, 3.8) is 0 Å². The maximum atomic E-state index is 11.5. The van der Waals surface area contributed by atoms with Crippen LogP contribution in [0.4, 0.5) is 0 Å². The highest BCUT2D eigenvalue weighted by Crippen LogP contribution is 2.25. The average molecular weight is 403 g/mol. The summed E-state index contributed by atoms with van der Waals surface area (Å²) < 4.78 is 29.1. The Labute approximate surface area is 166 Å². The molecular formula is C20H26N4O3S. The summed E-state index contributed by atoms with van der Waals surface area (Å²) in [6.45, 7) is 4.58. The third kappa shape index (κ3) is 4.89. The third-order valence-corrected chi connectivity index (χ3v) is 5.70. The van der Waals surface area contributed by atoms with Gasteiger partial charge >= 0.3 is 0 Å². The number of hydrogen-bond acceptors (Lipinski definition) is 4. The number of rotatable bonds is 4. The lowest BCUT2D eigenvalue weighted by Crippen LogP contribution is -2.48. The Morgan fingerprint density at radius 1 is 1.29 bits per heavy atom. The van der Waals surface area contributed by atoms with E-state index in [0.717, 1.165) is 18.1 Å². The van der Waals surface area contributed by atoms with E-state index in [1.165, 1.54) is 17.2 Å². The molecule has 1 atom stereocenters. The smallest absolute Gasteiger partial charge is 0.238 e. The van der Waals surface area contributed by atoms with Gasteiger partial charge in [-0.25, -0.2) is 13.6 Å². The van der Waals surface area contributed by atoms with E-state index in [2.05, 4.69) is 34.3 Å². The molecule has 1 unspecified atom stereocenters. The normalized spacial score (nSPS) is 18.2. The van der Waals surface area contributed by atoms with E-state index in [4.69, 9.17) is 9.88 Å². The minimum Gasteiger partial charge on any atom is -0.370 e. The van der Waals surface area contributed by atoms with Gasteiger partial charge in [-0.05, 0) is 35.7 Å². The van der Waals surface area contributed by atoms with Crippen molar-refractivity contribution >= 4 is 16.0 Å². The number of sulfonamides is 1. The fraction of sp³-hybridized carbons (Fsp3) is 0.350. The summed E-state index contributed by atoms with van der Waals surface area (Å²) in [5.74, 6) is 0.753. The minimum atomic E-state index is -3.72. The zero-order valence-corrected chi connectivity index (χ0v) is 16.9. The van der Waals surface area contributed by atoms with Crippen LogP contribution < -0.4 is 10.5 Å². The van der Waals surface area contributed by atoms with Crippen molar-refractivity contribution in [3.8, 4) is 0 Å². The molecule has 8 heteroatoms.